The summed E-state index contributed by atoms with van der Waals surface area (Å²) in [6.07, 6.45) is 0. The summed E-state index contributed by atoms with van der Waals surface area (Å²) in [5.74, 6) is -0.293. The van der Waals surface area contributed by atoms with Crippen molar-refractivity contribution >= 4 is 33.0 Å². The van der Waals surface area contributed by atoms with Crippen LogP contribution < -0.4 is 9.62 Å². The normalized spacial score (nSPS) is 11.1. The molecule has 0 fully saturated rings. The smallest absolute Gasteiger partial charge is 0.264 e. The van der Waals surface area contributed by atoms with Gasteiger partial charge in [0.15, 0.2) is 0 Å². The highest BCUT2D eigenvalue weighted by molar-refractivity contribution is 7.93. The lowest BCUT2D eigenvalue weighted by Crippen LogP contribution is -2.26. The minimum atomic E-state index is -3.65. The van der Waals surface area contributed by atoms with Gasteiger partial charge in [-0.25, -0.2) is 8.42 Å². The topological polar surface area (TPSA) is 66.5 Å². The zero-order valence-electron chi connectivity index (χ0n) is 11.0. The van der Waals surface area contributed by atoms with Crippen molar-refractivity contribution in [2.24, 2.45) is 0 Å². The van der Waals surface area contributed by atoms with Crippen molar-refractivity contribution in [2.45, 2.75) is 4.90 Å². The molecule has 0 unspecified atom stereocenters. The van der Waals surface area contributed by atoms with Crippen molar-refractivity contribution in [2.75, 3.05) is 18.4 Å². The number of hydrogen-bond acceptors (Lipinski definition) is 4. The summed E-state index contributed by atoms with van der Waals surface area (Å²) in [6, 6.07) is 10.2. The number of thiophene rings is 1. The molecule has 106 valence electrons. The highest BCUT2D eigenvalue weighted by Crippen LogP contribution is 2.25. The minimum Gasteiger partial charge on any atom is -0.354 e. The lowest BCUT2D eigenvalue weighted by Gasteiger charge is -2.18. The predicted molar refractivity (Wildman–Crippen MR) is 79.7 cm³/mol. The molecular weight excluding hydrogens is 296 g/mol. The van der Waals surface area contributed by atoms with E-state index in [1.54, 1.807) is 24.3 Å². The third kappa shape index (κ3) is 2.68. The molecule has 20 heavy (non-hydrogen) atoms. The van der Waals surface area contributed by atoms with Crippen LogP contribution in [0.5, 0.6) is 0 Å². The summed E-state index contributed by atoms with van der Waals surface area (Å²) < 4.78 is 26.1. The van der Waals surface area contributed by atoms with Gasteiger partial charge in [0.25, 0.3) is 15.9 Å². The maximum absolute atomic E-state index is 12.5. The molecule has 0 spiro atoms. The van der Waals surface area contributed by atoms with E-state index >= 15 is 0 Å². The second-order valence-electron chi connectivity index (χ2n) is 4.03. The summed E-state index contributed by atoms with van der Waals surface area (Å²) in [7, 11) is -0.655. The van der Waals surface area contributed by atoms with Crippen LogP contribution in [0, 0.1) is 0 Å². The molecule has 0 saturated carbocycles. The molecule has 0 bridgehead atoms. The quantitative estimate of drug-likeness (QED) is 0.938. The van der Waals surface area contributed by atoms with Gasteiger partial charge in [0, 0.05) is 19.5 Å². The minimum absolute atomic E-state index is 0.118. The van der Waals surface area contributed by atoms with Gasteiger partial charge in [-0.05, 0) is 18.2 Å². The molecule has 0 radical (unpaired) electrons. The predicted octanol–water partition coefficient (Wildman–Crippen LogP) is 1.93. The Morgan fingerprint density at radius 3 is 2.50 bits per heavy atom. The molecule has 0 saturated heterocycles. The first-order chi connectivity index (χ1) is 9.46. The van der Waals surface area contributed by atoms with E-state index in [1.165, 1.54) is 29.8 Å². The van der Waals surface area contributed by atoms with E-state index in [9.17, 15) is 13.2 Å². The van der Waals surface area contributed by atoms with E-state index in [1.807, 2.05) is 6.07 Å². The summed E-state index contributed by atoms with van der Waals surface area (Å²) in [6.45, 7) is 0. The van der Waals surface area contributed by atoms with Gasteiger partial charge in [-0.3, -0.25) is 9.10 Å². The van der Waals surface area contributed by atoms with Crippen LogP contribution in [0.3, 0.4) is 0 Å². The van der Waals surface area contributed by atoms with Crippen molar-refractivity contribution < 1.29 is 13.2 Å². The maximum atomic E-state index is 12.5. The average Bonchev–Trinajstić information content (AvgIpc) is 2.97. The molecule has 5 nitrogen and oxygen atoms in total. The fourth-order valence-electron chi connectivity index (χ4n) is 1.63. The Bertz CT molecular complexity index is 708. The number of carbonyl (C=O) groups is 1. The van der Waals surface area contributed by atoms with Gasteiger partial charge in [-0.2, -0.15) is 0 Å². The van der Waals surface area contributed by atoms with Gasteiger partial charge >= 0.3 is 0 Å². The van der Waals surface area contributed by atoms with Crippen molar-refractivity contribution in [3.63, 3.8) is 0 Å². The van der Waals surface area contributed by atoms with Crippen LogP contribution in [0.4, 0.5) is 5.69 Å². The lowest BCUT2D eigenvalue weighted by atomic mass is 10.3. The Kier molecular flexibility index (Phi) is 4.10. The number of hydrogen-bond donors (Lipinski definition) is 1. The van der Waals surface area contributed by atoms with E-state index in [-0.39, 0.29) is 10.8 Å². The highest BCUT2D eigenvalue weighted by atomic mass is 32.2. The molecule has 1 aromatic heterocycles. The molecule has 7 heteroatoms. The van der Waals surface area contributed by atoms with Crippen LogP contribution in [-0.2, 0) is 10.0 Å². The Hall–Kier alpha value is -1.86. The fourth-order valence-corrected chi connectivity index (χ4v) is 4.03. The summed E-state index contributed by atoms with van der Waals surface area (Å²) in [5.41, 5.74) is 0.570. The molecule has 2 rings (SSSR count). The largest absolute Gasteiger partial charge is 0.354 e. The van der Waals surface area contributed by atoms with Crippen molar-refractivity contribution in [1.29, 1.82) is 0 Å². The Balaban J connectivity index is 2.36. The van der Waals surface area contributed by atoms with Crippen LogP contribution in [0.15, 0.2) is 46.7 Å². The SMILES string of the molecule is CNC(=O)c1cc(S(=O)(=O)N(C)c2ccccc2)cs1. The van der Waals surface area contributed by atoms with Gasteiger partial charge in [0.2, 0.25) is 0 Å². The third-order valence-corrected chi connectivity index (χ3v) is 5.65. The monoisotopic (exact) mass is 310 g/mol. The van der Waals surface area contributed by atoms with E-state index in [0.717, 1.165) is 11.3 Å². The van der Waals surface area contributed by atoms with Gasteiger partial charge in [-0.15, -0.1) is 11.3 Å². The van der Waals surface area contributed by atoms with Crippen LogP contribution >= 0.6 is 11.3 Å². The molecule has 1 N–H and O–H groups in total. The van der Waals surface area contributed by atoms with Crippen LogP contribution in [0.1, 0.15) is 9.67 Å². The molecule has 0 aliphatic heterocycles. The van der Waals surface area contributed by atoms with Crippen molar-refractivity contribution in [3.8, 4) is 0 Å². The number of benzene rings is 1. The molecule has 1 heterocycles. The molecule has 0 aliphatic carbocycles. The molecule has 0 atom stereocenters. The number of sulfonamides is 1. The van der Waals surface area contributed by atoms with Crippen molar-refractivity contribution in [1.82, 2.24) is 5.32 Å². The summed E-state index contributed by atoms with van der Waals surface area (Å²) in [4.78, 5) is 12.0. The van der Waals surface area contributed by atoms with Crippen LogP contribution in [0.25, 0.3) is 0 Å². The second kappa shape index (κ2) is 5.64. The number of para-hydroxylation sites is 1. The number of anilines is 1. The molecule has 0 aliphatic rings. The van der Waals surface area contributed by atoms with E-state index in [2.05, 4.69) is 5.32 Å². The van der Waals surface area contributed by atoms with Gasteiger partial charge in [-0.1, -0.05) is 18.2 Å². The Labute approximate surface area is 121 Å². The number of nitrogens with one attached hydrogen (secondary N) is 1. The summed E-state index contributed by atoms with van der Waals surface area (Å²) in [5, 5.41) is 3.94. The van der Waals surface area contributed by atoms with Crippen molar-refractivity contribution in [3.05, 3.63) is 46.7 Å². The lowest BCUT2D eigenvalue weighted by molar-refractivity contribution is 0.0967. The van der Waals surface area contributed by atoms with E-state index in [0.29, 0.717) is 10.6 Å². The third-order valence-electron chi connectivity index (χ3n) is 2.80. The zero-order chi connectivity index (χ0) is 14.8. The van der Waals surface area contributed by atoms with Crippen LogP contribution in [-0.4, -0.2) is 28.4 Å². The van der Waals surface area contributed by atoms with E-state index < -0.39 is 10.0 Å². The van der Waals surface area contributed by atoms with Gasteiger partial charge in [0.05, 0.1) is 15.5 Å². The van der Waals surface area contributed by atoms with Gasteiger partial charge in [0.1, 0.15) is 0 Å². The van der Waals surface area contributed by atoms with Crippen LogP contribution in [0.2, 0.25) is 0 Å². The average molecular weight is 310 g/mol. The Morgan fingerprint density at radius 2 is 1.90 bits per heavy atom. The number of nitrogens with zero attached hydrogens (tertiary/aromatic N) is 1. The van der Waals surface area contributed by atoms with E-state index in [4.69, 9.17) is 0 Å². The molecule has 1 amide bonds. The number of carbonyl (C=O) groups excluding carboxylic acids is 1. The number of rotatable bonds is 4. The zero-order valence-corrected chi connectivity index (χ0v) is 12.7. The number of amides is 1. The molecular formula is C13H14N2O3S2. The second-order valence-corrected chi connectivity index (χ2v) is 6.91. The Morgan fingerprint density at radius 1 is 1.25 bits per heavy atom. The first kappa shape index (κ1) is 14.5. The standard InChI is InChI=1S/C13H14N2O3S2/c1-14-13(16)12-8-11(9-19-12)20(17,18)15(2)10-6-4-3-5-7-10/h3-9H,1-2H3,(H,14,16). The van der Waals surface area contributed by atoms with Gasteiger partial charge < -0.3 is 5.32 Å². The molecule has 2 aromatic rings. The maximum Gasteiger partial charge on any atom is 0.264 e. The summed E-state index contributed by atoms with van der Waals surface area (Å²) >= 11 is 1.10. The highest BCUT2D eigenvalue weighted by Gasteiger charge is 2.23. The first-order valence-corrected chi connectivity index (χ1v) is 8.13. The molecule has 1 aromatic carbocycles. The first-order valence-electron chi connectivity index (χ1n) is 5.81. The fraction of sp³-hybridized carbons (Fsp3) is 0.154.